The molecule has 1 aliphatic heterocycles. The van der Waals surface area contributed by atoms with Crippen molar-refractivity contribution in [2.45, 2.75) is 12.7 Å². The van der Waals surface area contributed by atoms with E-state index in [1.165, 1.54) is 0 Å². The summed E-state index contributed by atoms with van der Waals surface area (Å²) in [5.41, 5.74) is 1.10. The zero-order valence-electron chi connectivity index (χ0n) is 14.0. The quantitative estimate of drug-likeness (QED) is 0.802. The maximum Gasteiger partial charge on any atom is 0.405 e. The number of nitrogens with one attached hydrogen (secondary N) is 2. The molecule has 0 aliphatic carbocycles. The highest BCUT2D eigenvalue weighted by Crippen LogP contribution is 2.14. The Kier molecular flexibility index (Phi) is 7.24. The molecule has 1 aromatic carbocycles. The van der Waals surface area contributed by atoms with E-state index in [1.54, 1.807) is 5.32 Å². The van der Waals surface area contributed by atoms with Crippen LogP contribution in [0.5, 0.6) is 0 Å². The first kappa shape index (κ1) is 20.5. The molecule has 1 fully saturated rings. The molecule has 26 heavy (non-hydrogen) atoms. The third kappa shape index (κ3) is 7.59. The molecule has 0 atom stereocenters. The number of hydrogen-bond acceptors (Lipinski definition) is 4. The van der Waals surface area contributed by atoms with Crippen LogP contribution in [0.15, 0.2) is 24.3 Å². The lowest BCUT2D eigenvalue weighted by molar-refractivity contribution is -0.125. The maximum atomic E-state index is 12.0. The molecule has 0 aromatic heterocycles. The van der Waals surface area contributed by atoms with Crippen LogP contribution in [-0.2, 0) is 11.3 Å². The molecular formula is C16H20ClF3N4O2. The van der Waals surface area contributed by atoms with Gasteiger partial charge in [-0.2, -0.15) is 13.2 Å². The van der Waals surface area contributed by atoms with Crippen molar-refractivity contribution in [3.05, 3.63) is 34.9 Å². The fourth-order valence-corrected chi connectivity index (χ4v) is 2.81. The lowest BCUT2D eigenvalue weighted by Gasteiger charge is -2.34. The van der Waals surface area contributed by atoms with E-state index in [0.717, 1.165) is 25.2 Å². The van der Waals surface area contributed by atoms with Crippen LogP contribution < -0.4 is 10.6 Å². The monoisotopic (exact) mass is 392 g/mol. The summed E-state index contributed by atoms with van der Waals surface area (Å²) in [6.07, 6.45) is -4.51. The molecule has 0 radical (unpaired) electrons. The first-order valence-electron chi connectivity index (χ1n) is 8.05. The van der Waals surface area contributed by atoms with E-state index in [0.29, 0.717) is 18.1 Å². The number of halogens is 4. The first-order chi connectivity index (χ1) is 12.2. The molecule has 0 unspecified atom stereocenters. The summed E-state index contributed by atoms with van der Waals surface area (Å²) in [4.78, 5) is 27.0. The van der Waals surface area contributed by atoms with Crippen molar-refractivity contribution in [2.24, 2.45) is 0 Å². The van der Waals surface area contributed by atoms with Gasteiger partial charge in [0, 0.05) is 37.7 Å². The van der Waals surface area contributed by atoms with Crippen LogP contribution in [0.3, 0.4) is 0 Å². The van der Waals surface area contributed by atoms with Crippen LogP contribution in [-0.4, -0.2) is 67.2 Å². The minimum Gasteiger partial charge on any atom is -0.329 e. The zero-order chi connectivity index (χ0) is 19.2. The number of amides is 3. The van der Waals surface area contributed by atoms with Crippen molar-refractivity contribution in [1.82, 2.24) is 20.4 Å². The van der Waals surface area contributed by atoms with E-state index in [9.17, 15) is 22.8 Å². The Morgan fingerprint density at radius 2 is 1.77 bits per heavy atom. The van der Waals surface area contributed by atoms with Crippen LogP contribution in [0.4, 0.5) is 18.0 Å². The second-order valence-electron chi connectivity index (χ2n) is 6.03. The van der Waals surface area contributed by atoms with Gasteiger partial charge in [0.25, 0.3) is 0 Å². The number of urea groups is 1. The molecular weight excluding hydrogens is 373 g/mol. The molecule has 0 saturated carbocycles. The van der Waals surface area contributed by atoms with Gasteiger partial charge in [-0.3, -0.25) is 19.9 Å². The van der Waals surface area contributed by atoms with E-state index in [-0.39, 0.29) is 6.54 Å². The highest BCUT2D eigenvalue weighted by atomic mass is 35.5. The number of carbonyl (C=O) groups excluding carboxylic acids is 2. The number of benzene rings is 1. The van der Waals surface area contributed by atoms with E-state index in [2.05, 4.69) is 4.90 Å². The SMILES string of the molecule is O=C(CN1CCN(Cc2cccc(Cl)c2)CC1)NC(=O)NCC(F)(F)F. The molecule has 144 valence electrons. The smallest absolute Gasteiger partial charge is 0.329 e. The Bertz CT molecular complexity index is 634. The average Bonchev–Trinajstić information content (AvgIpc) is 2.54. The van der Waals surface area contributed by atoms with Crippen molar-refractivity contribution in [2.75, 3.05) is 39.3 Å². The van der Waals surface area contributed by atoms with Crippen molar-refractivity contribution in [3.8, 4) is 0 Å². The molecule has 3 amide bonds. The third-order valence-corrected chi connectivity index (χ3v) is 4.06. The van der Waals surface area contributed by atoms with Gasteiger partial charge < -0.3 is 5.32 Å². The Balaban J connectivity index is 1.68. The van der Waals surface area contributed by atoms with Crippen LogP contribution in [0.1, 0.15) is 5.56 Å². The van der Waals surface area contributed by atoms with E-state index in [4.69, 9.17) is 11.6 Å². The molecule has 1 heterocycles. The second kappa shape index (κ2) is 9.20. The summed E-state index contributed by atoms with van der Waals surface area (Å²) in [5.74, 6) is -0.632. The molecule has 1 aliphatic rings. The lowest BCUT2D eigenvalue weighted by Crippen LogP contribution is -2.51. The number of alkyl halides is 3. The fourth-order valence-electron chi connectivity index (χ4n) is 2.59. The number of carbonyl (C=O) groups is 2. The molecule has 2 N–H and O–H groups in total. The van der Waals surface area contributed by atoms with Gasteiger partial charge in [0.2, 0.25) is 5.91 Å². The number of nitrogens with zero attached hydrogens (tertiary/aromatic N) is 2. The highest BCUT2D eigenvalue weighted by Gasteiger charge is 2.28. The van der Waals surface area contributed by atoms with E-state index in [1.807, 2.05) is 34.5 Å². The summed E-state index contributed by atoms with van der Waals surface area (Å²) in [6, 6.07) is 6.45. The standard InChI is InChI=1S/C16H20ClF3N4O2/c17-13-3-1-2-12(8-13)9-23-4-6-24(7-5-23)10-14(25)22-15(26)21-11-16(18,19)20/h1-3,8H,4-7,9-11H2,(H2,21,22,25,26). The summed E-state index contributed by atoms with van der Waals surface area (Å²) in [5, 5.41) is 4.18. The van der Waals surface area contributed by atoms with Gasteiger partial charge in [0.05, 0.1) is 6.54 Å². The number of imide groups is 1. The van der Waals surface area contributed by atoms with Crippen molar-refractivity contribution in [1.29, 1.82) is 0 Å². The summed E-state index contributed by atoms with van der Waals surface area (Å²) in [7, 11) is 0. The zero-order valence-corrected chi connectivity index (χ0v) is 14.7. The van der Waals surface area contributed by atoms with Crippen LogP contribution in [0.25, 0.3) is 0 Å². The number of piperazine rings is 1. The van der Waals surface area contributed by atoms with E-state index >= 15 is 0 Å². The van der Waals surface area contributed by atoms with Gasteiger partial charge in [-0.1, -0.05) is 23.7 Å². The second-order valence-corrected chi connectivity index (χ2v) is 6.46. The van der Waals surface area contributed by atoms with Crippen molar-refractivity contribution < 1.29 is 22.8 Å². The van der Waals surface area contributed by atoms with Gasteiger partial charge in [0.15, 0.2) is 0 Å². The highest BCUT2D eigenvalue weighted by molar-refractivity contribution is 6.30. The number of hydrogen-bond donors (Lipinski definition) is 2. The lowest BCUT2D eigenvalue weighted by atomic mass is 10.2. The van der Waals surface area contributed by atoms with Gasteiger partial charge >= 0.3 is 12.2 Å². The van der Waals surface area contributed by atoms with E-state index < -0.39 is 24.7 Å². The van der Waals surface area contributed by atoms with Crippen LogP contribution >= 0.6 is 11.6 Å². The topological polar surface area (TPSA) is 64.7 Å². The predicted molar refractivity (Wildman–Crippen MR) is 90.8 cm³/mol. The molecule has 2 rings (SSSR count). The average molecular weight is 393 g/mol. The predicted octanol–water partition coefficient (Wildman–Crippen LogP) is 1.85. The van der Waals surface area contributed by atoms with Gasteiger partial charge in [0.1, 0.15) is 6.54 Å². The fraction of sp³-hybridized carbons (Fsp3) is 0.500. The van der Waals surface area contributed by atoms with Crippen molar-refractivity contribution in [3.63, 3.8) is 0 Å². The summed E-state index contributed by atoms with van der Waals surface area (Å²) < 4.78 is 36.0. The Labute approximate surface area is 154 Å². The minimum absolute atomic E-state index is 0.0373. The Morgan fingerprint density at radius 1 is 1.12 bits per heavy atom. The maximum absolute atomic E-state index is 12.0. The summed E-state index contributed by atoms with van der Waals surface area (Å²) >= 11 is 5.97. The first-order valence-corrected chi connectivity index (χ1v) is 8.43. The summed E-state index contributed by atoms with van der Waals surface area (Å²) in [6.45, 7) is 1.95. The van der Waals surface area contributed by atoms with Gasteiger partial charge in [-0.25, -0.2) is 4.79 Å². The molecule has 0 bridgehead atoms. The van der Waals surface area contributed by atoms with Gasteiger partial charge in [-0.15, -0.1) is 0 Å². The third-order valence-electron chi connectivity index (χ3n) is 3.83. The molecule has 0 spiro atoms. The normalized spacial score (nSPS) is 16.3. The van der Waals surface area contributed by atoms with Crippen molar-refractivity contribution >= 4 is 23.5 Å². The molecule has 1 saturated heterocycles. The molecule has 6 nitrogen and oxygen atoms in total. The van der Waals surface area contributed by atoms with Gasteiger partial charge in [-0.05, 0) is 17.7 Å². The largest absolute Gasteiger partial charge is 0.405 e. The molecule has 1 aromatic rings. The molecule has 10 heteroatoms. The Hall–Kier alpha value is -1.84. The van der Waals surface area contributed by atoms with Crippen LogP contribution in [0, 0.1) is 0 Å². The minimum atomic E-state index is -4.51. The number of rotatable bonds is 5. The van der Waals surface area contributed by atoms with Crippen LogP contribution in [0.2, 0.25) is 5.02 Å². The Morgan fingerprint density at radius 3 is 2.38 bits per heavy atom.